The molecule has 1 N–H and O–H groups in total. The molecule has 88 valence electrons. The molecule has 16 heavy (non-hydrogen) atoms. The van der Waals surface area contributed by atoms with Crippen molar-refractivity contribution in [2.45, 2.75) is 6.10 Å². The van der Waals surface area contributed by atoms with Crippen molar-refractivity contribution in [3.05, 3.63) is 23.2 Å². The monoisotopic (exact) mass is 262 g/mol. The molecule has 1 heterocycles. The van der Waals surface area contributed by atoms with Crippen molar-refractivity contribution in [2.75, 3.05) is 13.2 Å². The Morgan fingerprint density at radius 2 is 2.38 bits per heavy atom. The number of halogens is 1. The van der Waals surface area contributed by atoms with E-state index in [0.29, 0.717) is 23.1 Å². The quantitative estimate of drug-likeness (QED) is 0.821. The van der Waals surface area contributed by atoms with E-state index in [1.54, 1.807) is 18.2 Å². The Balaban J connectivity index is 2.02. The van der Waals surface area contributed by atoms with Crippen molar-refractivity contribution >= 4 is 22.9 Å². The molecule has 0 spiro atoms. The van der Waals surface area contributed by atoms with Crippen LogP contribution in [-0.4, -0.2) is 28.0 Å². The molecule has 0 saturated carbocycles. The second kappa shape index (κ2) is 5.01. The molecule has 0 bridgehead atoms. The van der Waals surface area contributed by atoms with Gasteiger partial charge in [-0.2, -0.15) is 0 Å². The highest BCUT2D eigenvalue weighted by Gasteiger charge is 2.20. The molecule has 0 radical (unpaired) electrons. The Bertz CT molecular complexity index is 414. The first-order valence-electron chi connectivity index (χ1n) is 4.57. The van der Waals surface area contributed by atoms with E-state index in [4.69, 9.17) is 21.1 Å². The average molecular weight is 263 g/mol. The van der Waals surface area contributed by atoms with Crippen LogP contribution in [0.15, 0.2) is 18.2 Å². The molecular formula is C9H9ClNO4S-. The second-order valence-electron chi connectivity index (χ2n) is 3.23. The molecule has 2 atom stereocenters. The summed E-state index contributed by atoms with van der Waals surface area (Å²) < 4.78 is 33.8. The van der Waals surface area contributed by atoms with Crippen molar-refractivity contribution in [3.8, 4) is 11.5 Å². The first kappa shape index (κ1) is 11.7. The Morgan fingerprint density at radius 1 is 1.56 bits per heavy atom. The minimum Gasteiger partial charge on any atom is -0.760 e. The van der Waals surface area contributed by atoms with E-state index in [1.165, 1.54) is 0 Å². The molecule has 0 fully saturated rings. The number of hydrogen-bond acceptors (Lipinski definition) is 4. The van der Waals surface area contributed by atoms with Crippen molar-refractivity contribution in [2.24, 2.45) is 0 Å². The lowest BCUT2D eigenvalue weighted by atomic mass is 10.2. The minimum atomic E-state index is -2.29. The van der Waals surface area contributed by atoms with Crippen LogP contribution in [0, 0.1) is 0 Å². The predicted molar refractivity (Wildman–Crippen MR) is 58.3 cm³/mol. The van der Waals surface area contributed by atoms with E-state index in [2.05, 4.69) is 4.72 Å². The van der Waals surface area contributed by atoms with Gasteiger partial charge in [-0.1, -0.05) is 11.6 Å². The van der Waals surface area contributed by atoms with Gasteiger partial charge in [-0.05, 0) is 12.1 Å². The molecule has 0 saturated heterocycles. The lowest BCUT2D eigenvalue weighted by Gasteiger charge is -2.27. The van der Waals surface area contributed by atoms with Gasteiger partial charge in [-0.3, -0.25) is 4.21 Å². The SMILES string of the molecule is O=S([O-])NC[C@H]1COc2ccc(Cl)cc2O1. The van der Waals surface area contributed by atoms with Crippen LogP contribution in [0.2, 0.25) is 5.02 Å². The summed E-state index contributed by atoms with van der Waals surface area (Å²) in [5.74, 6) is 1.14. The standard InChI is InChI=1S/C9H10ClNO4S/c10-6-1-2-8-9(3-6)15-7(5-14-8)4-11-16(12)13/h1-3,7,11H,4-5H2,(H,12,13)/p-1/t7-/m0/s1. The smallest absolute Gasteiger partial charge is 0.163 e. The number of fused-ring (bicyclic) bond motifs is 1. The summed E-state index contributed by atoms with van der Waals surface area (Å²) in [6.07, 6.45) is -0.344. The van der Waals surface area contributed by atoms with Gasteiger partial charge in [0.1, 0.15) is 12.7 Å². The van der Waals surface area contributed by atoms with Gasteiger partial charge in [0.15, 0.2) is 11.5 Å². The lowest BCUT2D eigenvalue weighted by molar-refractivity contribution is 0.0942. The zero-order valence-electron chi connectivity index (χ0n) is 8.14. The lowest BCUT2D eigenvalue weighted by Crippen LogP contribution is -2.39. The van der Waals surface area contributed by atoms with Crippen molar-refractivity contribution in [1.29, 1.82) is 0 Å². The zero-order chi connectivity index (χ0) is 11.5. The molecule has 7 heteroatoms. The Labute approximate surface area is 100 Å². The van der Waals surface area contributed by atoms with Gasteiger partial charge in [-0.15, -0.1) is 0 Å². The van der Waals surface area contributed by atoms with Crippen molar-refractivity contribution in [1.82, 2.24) is 4.72 Å². The van der Waals surface area contributed by atoms with Gasteiger partial charge in [0.25, 0.3) is 0 Å². The first-order valence-corrected chi connectivity index (χ1v) is 6.02. The van der Waals surface area contributed by atoms with Crippen molar-refractivity contribution < 1.29 is 18.2 Å². The maximum Gasteiger partial charge on any atom is 0.163 e. The molecular weight excluding hydrogens is 254 g/mol. The largest absolute Gasteiger partial charge is 0.760 e. The summed E-state index contributed by atoms with van der Waals surface area (Å²) in [5.41, 5.74) is 0. The number of nitrogens with one attached hydrogen (secondary N) is 1. The number of hydrogen-bond donors (Lipinski definition) is 1. The van der Waals surface area contributed by atoms with E-state index in [1.807, 2.05) is 0 Å². The Morgan fingerprint density at radius 3 is 3.12 bits per heavy atom. The fourth-order valence-electron chi connectivity index (χ4n) is 1.35. The van der Waals surface area contributed by atoms with Crippen LogP contribution in [0.25, 0.3) is 0 Å². The van der Waals surface area contributed by atoms with Crippen LogP contribution in [0.4, 0.5) is 0 Å². The van der Waals surface area contributed by atoms with Gasteiger partial charge in [0, 0.05) is 28.9 Å². The summed E-state index contributed by atoms with van der Waals surface area (Å²) in [6.45, 7) is 0.473. The van der Waals surface area contributed by atoms with Gasteiger partial charge in [0.2, 0.25) is 0 Å². The summed E-state index contributed by atoms with van der Waals surface area (Å²) in [4.78, 5) is 0. The third-order valence-electron chi connectivity index (χ3n) is 2.05. The molecule has 2 rings (SSSR count). The molecule has 0 amide bonds. The number of rotatable bonds is 3. The fourth-order valence-corrected chi connectivity index (χ4v) is 1.84. The highest BCUT2D eigenvalue weighted by molar-refractivity contribution is 7.77. The van der Waals surface area contributed by atoms with E-state index >= 15 is 0 Å². The van der Waals surface area contributed by atoms with E-state index in [-0.39, 0.29) is 12.6 Å². The maximum atomic E-state index is 10.3. The van der Waals surface area contributed by atoms with Crippen LogP contribution in [0.5, 0.6) is 11.5 Å². The topological polar surface area (TPSA) is 70.6 Å². The molecule has 1 aromatic carbocycles. The van der Waals surface area contributed by atoms with Crippen LogP contribution in [0.1, 0.15) is 0 Å². The van der Waals surface area contributed by atoms with E-state index in [0.717, 1.165) is 0 Å². The third kappa shape index (κ3) is 2.85. The summed E-state index contributed by atoms with van der Waals surface area (Å²) in [7, 11) is 0. The fraction of sp³-hybridized carbons (Fsp3) is 0.333. The molecule has 5 nitrogen and oxygen atoms in total. The van der Waals surface area contributed by atoms with Crippen molar-refractivity contribution in [3.63, 3.8) is 0 Å². The Hall–Kier alpha value is -0.820. The minimum absolute atomic E-state index is 0.169. The molecule has 1 aliphatic rings. The summed E-state index contributed by atoms with van der Waals surface area (Å²) >= 11 is 3.51. The zero-order valence-corrected chi connectivity index (χ0v) is 9.72. The van der Waals surface area contributed by atoms with Gasteiger partial charge >= 0.3 is 0 Å². The predicted octanol–water partition coefficient (Wildman–Crippen LogP) is 0.863. The molecule has 1 aromatic rings. The first-order chi connectivity index (χ1) is 7.65. The Kier molecular flexibility index (Phi) is 3.65. The molecule has 0 aliphatic carbocycles. The van der Waals surface area contributed by atoms with Crippen LogP contribution in [-0.2, 0) is 11.3 Å². The maximum absolute atomic E-state index is 10.3. The van der Waals surface area contributed by atoms with E-state index in [9.17, 15) is 8.76 Å². The van der Waals surface area contributed by atoms with Crippen LogP contribution in [0.3, 0.4) is 0 Å². The molecule has 1 aliphatic heterocycles. The van der Waals surface area contributed by atoms with Gasteiger partial charge in [-0.25, -0.2) is 4.72 Å². The van der Waals surface area contributed by atoms with Crippen LogP contribution >= 0.6 is 11.6 Å². The third-order valence-corrected chi connectivity index (χ3v) is 2.69. The number of ether oxygens (including phenoxy) is 2. The van der Waals surface area contributed by atoms with E-state index < -0.39 is 11.3 Å². The summed E-state index contributed by atoms with van der Waals surface area (Å²) in [5, 5.41) is 0.545. The molecule has 0 aromatic heterocycles. The summed E-state index contributed by atoms with van der Waals surface area (Å²) in [6, 6.07) is 5.05. The second-order valence-corrected chi connectivity index (χ2v) is 4.42. The molecule has 1 unspecified atom stereocenters. The highest BCUT2D eigenvalue weighted by Crippen LogP contribution is 2.33. The highest BCUT2D eigenvalue weighted by atomic mass is 35.5. The van der Waals surface area contributed by atoms with Gasteiger partial charge < -0.3 is 14.0 Å². The normalized spacial score (nSPS) is 20.5. The number of benzene rings is 1. The van der Waals surface area contributed by atoms with Gasteiger partial charge in [0.05, 0.1) is 0 Å². The van der Waals surface area contributed by atoms with Crippen LogP contribution < -0.4 is 14.2 Å². The average Bonchev–Trinajstić information content (AvgIpc) is 2.25.